The van der Waals surface area contributed by atoms with Crippen LogP contribution < -0.4 is 0 Å². The van der Waals surface area contributed by atoms with Crippen molar-refractivity contribution in [1.29, 1.82) is 0 Å². The molecule has 0 saturated heterocycles. The Bertz CT molecular complexity index is 93.8. The van der Waals surface area contributed by atoms with Gasteiger partial charge in [0, 0.05) is 26.5 Å². The van der Waals surface area contributed by atoms with Gasteiger partial charge in [0.15, 0.2) is 0 Å². The van der Waals surface area contributed by atoms with Crippen LogP contribution in [0.1, 0.15) is 0 Å². The topological polar surface area (TPSA) is 6.48 Å². The molecule has 1 aliphatic rings. The minimum absolute atomic E-state index is 1.03. The maximum absolute atomic E-state index is 2.15. The van der Waals surface area contributed by atoms with Crippen molar-refractivity contribution in [1.82, 2.24) is 9.80 Å². The Morgan fingerprint density at radius 2 is 1.40 bits per heavy atom. The largest absolute Gasteiger partial charge is 0.362 e. The number of nitrogens with zero attached hydrogens (tertiary/aromatic N) is 2. The summed E-state index contributed by atoms with van der Waals surface area (Å²) in [5.74, 6) is 0. The maximum atomic E-state index is 2.15. The molecule has 1 heterocycles. The normalized spacial score (nSPS) is 15.2. The summed E-state index contributed by atoms with van der Waals surface area (Å²) in [6, 6.07) is 0. The van der Waals surface area contributed by atoms with Gasteiger partial charge in [-0.05, 0) is 13.3 Å². The lowest BCUT2D eigenvalue weighted by atomic mass is 10.9. The first-order valence-electron chi connectivity index (χ1n) is 3.38. The first-order chi connectivity index (χ1) is 4.70. The van der Waals surface area contributed by atoms with Gasteiger partial charge in [-0.2, -0.15) is 0 Å². The van der Waals surface area contributed by atoms with Crippen LogP contribution in [0, 0.1) is 0 Å². The molecule has 0 aromatic heterocycles. The first-order valence-corrected chi connectivity index (χ1v) is 5.38. The van der Waals surface area contributed by atoms with Crippen molar-refractivity contribution in [2.24, 2.45) is 0 Å². The van der Waals surface area contributed by atoms with E-state index in [1.807, 2.05) is 0 Å². The molecule has 0 aliphatic carbocycles. The standard InChI is InChI=1S/C5H10N2.C2H7P/c1-6-3-4-7(2)5-6;1-3-2/h3-4H,5H2,1-2H3;3H,1-2H3. The summed E-state index contributed by atoms with van der Waals surface area (Å²) in [6.45, 7) is 5.33. The van der Waals surface area contributed by atoms with E-state index in [2.05, 4.69) is 49.6 Å². The summed E-state index contributed by atoms with van der Waals surface area (Å²) in [7, 11) is 5.19. The van der Waals surface area contributed by atoms with Crippen LogP contribution >= 0.6 is 8.58 Å². The van der Waals surface area contributed by atoms with E-state index in [1.54, 1.807) is 0 Å². The van der Waals surface area contributed by atoms with E-state index in [4.69, 9.17) is 0 Å². The van der Waals surface area contributed by atoms with Crippen LogP contribution in [0.3, 0.4) is 0 Å². The summed E-state index contributed by atoms with van der Waals surface area (Å²) in [4.78, 5) is 4.25. The van der Waals surface area contributed by atoms with Crippen LogP contribution in [-0.2, 0) is 0 Å². The lowest BCUT2D eigenvalue weighted by Gasteiger charge is -2.10. The van der Waals surface area contributed by atoms with E-state index in [1.165, 1.54) is 0 Å². The van der Waals surface area contributed by atoms with Gasteiger partial charge < -0.3 is 9.80 Å². The average Bonchev–Trinajstić information content (AvgIpc) is 2.17. The third-order valence-corrected chi connectivity index (χ3v) is 1.02. The van der Waals surface area contributed by atoms with Crippen LogP contribution in [0.4, 0.5) is 0 Å². The minimum atomic E-state index is 1.03. The van der Waals surface area contributed by atoms with Crippen molar-refractivity contribution >= 4 is 8.58 Å². The highest BCUT2D eigenvalue weighted by Crippen LogP contribution is 1.97. The van der Waals surface area contributed by atoms with Gasteiger partial charge in [-0.15, -0.1) is 8.58 Å². The highest BCUT2D eigenvalue weighted by Gasteiger charge is 1.99. The van der Waals surface area contributed by atoms with Gasteiger partial charge in [0.2, 0.25) is 0 Å². The molecule has 0 spiro atoms. The second kappa shape index (κ2) is 5.55. The Morgan fingerprint density at radius 1 is 1.10 bits per heavy atom. The SMILES string of the molecule is CN1C=CN(C)C1.CPC. The van der Waals surface area contributed by atoms with Crippen molar-refractivity contribution in [3.05, 3.63) is 12.4 Å². The quantitative estimate of drug-likeness (QED) is 0.491. The maximum Gasteiger partial charge on any atom is 0.0887 e. The minimum Gasteiger partial charge on any atom is -0.362 e. The molecule has 0 amide bonds. The lowest BCUT2D eigenvalue weighted by Crippen LogP contribution is -2.17. The van der Waals surface area contributed by atoms with Gasteiger partial charge in [0.05, 0.1) is 6.67 Å². The van der Waals surface area contributed by atoms with Gasteiger partial charge in [0.1, 0.15) is 0 Å². The summed E-state index contributed by atoms with van der Waals surface area (Å²) >= 11 is 0. The molecule has 0 N–H and O–H groups in total. The number of hydrogen-bond acceptors (Lipinski definition) is 2. The van der Waals surface area contributed by atoms with Gasteiger partial charge in [-0.3, -0.25) is 0 Å². The highest BCUT2D eigenvalue weighted by molar-refractivity contribution is 7.35. The molecular formula is C7H17N2P. The van der Waals surface area contributed by atoms with E-state index in [9.17, 15) is 0 Å². The van der Waals surface area contributed by atoms with Crippen molar-refractivity contribution in [2.45, 2.75) is 0 Å². The lowest BCUT2D eigenvalue weighted by molar-refractivity contribution is 0.340. The summed E-state index contributed by atoms with van der Waals surface area (Å²) in [5, 5.41) is 0. The molecule has 0 fully saturated rings. The van der Waals surface area contributed by atoms with Crippen molar-refractivity contribution in [2.75, 3.05) is 34.1 Å². The summed E-state index contributed by atoms with van der Waals surface area (Å²) < 4.78 is 0. The molecule has 1 rings (SSSR count). The number of hydrogen-bond donors (Lipinski definition) is 0. The summed E-state index contributed by atoms with van der Waals surface area (Å²) in [5.41, 5.74) is 0. The predicted octanol–water partition coefficient (Wildman–Crippen LogP) is 1.22. The van der Waals surface area contributed by atoms with E-state index in [0.29, 0.717) is 0 Å². The van der Waals surface area contributed by atoms with Gasteiger partial charge in [-0.1, -0.05) is 0 Å². The van der Waals surface area contributed by atoms with Crippen LogP contribution in [0.25, 0.3) is 0 Å². The van der Waals surface area contributed by atoms with Crippen LogP contribution in [0.2, 0.25) is 0 Å². The van der Waals surface area contributed by atoms with Gasteiger partial charge in [0.25, 0.3) is 0 Å². The van der Waals surface area contributed by atoms with Crippen LogP contribution in [0.5, 0.6) is 0 Å². The fraction of sp³-hybridized carbons (Fsp3) is 0.714. The average molecular weight is 160 g/mol. The molecule has 60 valence electrons. The fourth-order valence-electron chi connectivity index (χ4n) is 0.674. The van der Waals surface area contributed by atoms with Crippen molar-refractivity contribution in [3.63, 3.8) is 0 Å². The van der Waals surface area contributed by atoms with E-state index >= 15 is 0 Å². The molecule has 0 aromatic rings. The van der Waals surface area contributed by atoms with E-state index in [0.717, 1.165) is 15.2 Å². The van der Waals surface area contributed by atoms with Gasteiger partial charge in [-0.25, -0.2) is 0 Å². The van der Waals surface area contributed by atoms with E-state index < -0.39 is 0 Å². The molecule has 2 nitrogen and oxygen atoms in total. The Hall–Kier alpha value is -0.230. The van der Waals surface area contributed by atoms with E-state index in [-0.39, 0.29) is 0 Å². The molecule has 3 heteroatoms. The molecule has 1 aliphatic heterocycles. The number of rotatable bonds is 0. The molecule has 0 bridgehead atoms. The zero-order chi connectivity index (χ0) is 7.98. The van der Waals surface area contributed by atoms with Gasteiger partial charge >= 0.3 is 0 Å². The van der Waals surface area contributed by atoms with Crippen LogP contribution in [-0.4, -0.2) is 43.9 Å². The summed E-state index contributed by atoms with van der Waals surface area (Å²) in [6.07, 6.45) is 4.11. The molecule has 0 radical (unpaired) electrons. The Kier molecular flexibility index (Phi) is 5.42. The molecule has 0 saturated carbocycles. The molecule has 0 unspecified atom stereocenters. The third-order valence-electron chi connectivity index (χ3n) is 1.02. The molecule has 0 atom stereocenters. The smallest absolute Gasteiger partial charge is 0.0887 e. The molecule has 10 heavy (non-hydrogen) atoms. The Morgan fingerprint density at radius 3 is 1.50 bits per heavy atom. The molecular weight excluding hydrogens is 143 g/mol. The van der Waals surface area contributed by atoms with Crippen molar-refractivity contribution in [3.8, 4) is 0 Å². The van der Waals surface area contributed by atoms with Crippen molar-refractivity contribution < 1.29 is 0 Å². The molecule has 0 aromatic carbocycles. The Balaban J connectivity index is 0.000000236. The zero-order valence-electron chi connectivity index (χ0n) is 7.26. The highest BCUT2D eigenvalue weighted by atomic mass is 31.1. The fourth-order valence-corrected chi connectivity index (χ4v) is 0.674. The Labute approximate surface area is 65.7 Å². The monoisotopic (exact) mass is 160 g/mol. The predicted molar refractivity (Wildman–Crippen MR) is 49.7 cm³/mol. The zero-order valence-corrected chi connectivity index (χ0v) is 8.26. The second-order valence-corrected chi connectivity index (χ2v) is 3.45. The third kappa shape index (κ3) is 4.63. The second-order valence-electron chi connectivity index (χ2n) is 2.45. The van der Waals surface area contributed by atoms with Crippen LogP contribution in [0.15, 0.2) is 12.4 Å². The first kappa shape index (κ1) is 9.77.